The Hall–Kier alpha value is -2.86. The number of ether oxygens (including phenoxy) is 1. The van der Waals surface area contributed by atoms with Crippen LogP contribution in [0.1, 0.15) is 25.2 Å². The van der Waals surface area contributed by atoms with Gasteiger partial charge in [0, 0.05) is 19.4 Å². The fraction of sp³-hybridized carbons (Fsp3) is 0.333. The van der Waals surface area contributed by atoms with Crippen LogP contribution in [0.15, 0.2) is 54.6 Å². The monoisotopic (exact) mass is 365 g/mol. The Labute approximate surface area is 157 Å². The highest BCUT2D eigenvalue weighted by Gasteiger charge is 2.58. The van der Waals surface area contributed by atoms with E-state index in [-0.39, 0.29) is 0 Å². The summed E-state index contributed by atoms with van der Waals surface area (Å²) < 4.78 is 5.63. The molecule has 2 heterocycles. The normalized spacial score (nSPS) is 25.1. The van der Waals surface area contributed by atoms with E-state index in [1.54, 1.807) is 13.8 Å². The molecule has 2 aromatic carbocycles. The minimum Gasteiger partial charge on any atom is -0.438 e. The van der Waals surface area contributed by atoms with E-state index in [1.807, 2.05) is 54.6 Å². The third kappa shape index (κ3) is 3.06. The number of hydrogen-bond donors (Lipinski definition) is 2. The van der Waals surface area contributed by atoms with Crippen LogP contribution in [0, 0.1) is 0 Å². The minimum atomic E-state index is -1.42. The van der Waals surface area contributed by atoms with Crippen LogP contribution in [-0.2, 0) is 17.6 Å². The summed E-state index contributed by atoms with van der Waals surface area (Å²) in [4.78, 5) is 21.7. The van der Waals surface area contributed by atoms with E-state index in [2.05, 4.69) is 9.97 Å². The highest BCUT2D eigenvalue weighted by atomic mass is 16.6. The zero-order valence-electron chi connectivity index (χ0n) is 15.5. The number of benzene rings is 2. The van der Waals surface area contributed by atoms with E-state index >= 15 is 0 Å². The maximum atomic E-state index is 12.5. The summed E-state index contributed by atoms with van der Waals surface area (Å²) in [6, 6.07) is 17.5. The Morgan fingerprint density at radius 3 is 2.56 bits per heavy atom. The summed E-state index contributed by atoms with van der Waals surface area (Å²) in [5.41, 5.74) is 0.396. The predicted octanol–water partition coefficient (Wildman–Crippen LogP) is 3.27. The molecule has 1 fully saturated rings. The second-order valence-corrected chi connectivity index (χ2v) is 7.38. The first-order valence-corrected chi connectivity index (χ1v) is 9.10. The number of aromatic amines is 1. The van der Waals surface area contributed by atoms with Crippen LogP contribution in [0.3, 0.4) is 0 Å². The van der Waals surface area contributed by atoms with E-state index < -0.39 is 17.4 Å². The van der Waals surface area contributed by atoms with Crippen molar-refractivity contribution in [2.45, 2.75) is 38.0 Å². The van der Waals surface area contributed by atoms with Gasteiger partial charge >= 0.3 is 6.09 Å². The lowest BCUT2D eigenvalue weighted by molar-refractivity contribution is -0.135. The van der Waals surface area contributed by atoms with Gasteiger partial charge in [0.1, 0.15) is 5.82 Å². The van der Waals surface area contributed by atoms with Gasteiger partial charge in [-0.05, 0) is 31.5 Å². The molecule has 140 valence electrons. The summed E-state index contributed by atoms with van der Waals surface area (Å²) in [7, 11) is 0. The molecule has 0 saturated carbocycles. The molecule has 4 rings (SSSR count). The number of rotatable bonds is 5. The number of carbonyl (C=O) groups is 1. The lowest BCUT2D eigenvalue weighted by Crippen LogP contribution is -2.56. The van der Waals surface area contributed by atoms with Crippen molar-refractivity contribution in [3.05, 3.63) is 66.0 Å². The van der Waals surface area contributed by atoms with Crippen LogP contribution in [0.5, 0.6) is 0 Å². The smallest absolute Gasteiger partial charge is 0.412 e. The van der Waals surface area contributed by atoms with Crippen LogP contribution in [0.4, 0.5) is 4.79 Å². The largest absolute Gasteiger partial charge is 0.438 e. The number of cyclic esters (lactones) is 1. The number of nitrogens with zero attached hydrogens (tertiary/aromatic N) is 2. The molecule has 1 aliphatic rings. The van der Waals surface area contributed by atoms with Crippen molar-refractivity contribution in [3.8, 4) is 0 Å². The molecule has 1 saturated heterocycles. The van der Waals surface area contributed by atoms with Gasteiger partial charge in [-0.1, -0.05) is 42.5 Å². The highest BCUT2D eigenvalue weighted by molar-refractivity contribution is 5.75. The lowest BCUT2D eigenvalue weighted by Gasteiger charge is -2.37. The SMILES string of the molecule is C[C@]1(O)N(CCc2nc3ccccc3[nH]2)C(=O)O[C@@]1(C)Cc1ccccc1. The molecule has 1 aliphatic heterocycles. The number of hydrogen-bond acceptors (Lipinski definition) is 4. The standard InChI is InChI=1S/C21H23N3O3/c1-20(14-15-8-4-3-5-9-15)21(2,26)24(19(25)27-20)13-12-18-22-16-10-6-7-11-17(16)23-18/h3-11,26H,12-14H2,1-2H3,(H,22,23)/t20-,21+/m0/s1. The third-order valence-corrected chi connectivity index (χ3v) is 5.46. The Morgan fingerprint density at radius 1 is 1.11 bits per heavy atom. The van der Waals surface area contributed by atoms with Gasteiger partial charge in [0.25, 0.3) is 0 Å². The summed E-state index contributed by atoms with van der Waals surface area (Å²) in [6.07, 6.45) is 0.434. The number of nitrogens with one attached hydrogen (secondary N) is 1. The molecule has 27 heavy (non-hydrogen) atoms. The predicted molar refractivity (Wildman–Crippen MR) is 102 cm³/mol. The maximum Gasteiger partial charge on any atom is 0.412 e. The zero-order valence-corrected chi connectivity index (χ0v) is 15.5. The summed E-state index contributed by atoms with van der Waals surface area (Å²) in [5, 5.41) is 11.2. The minimum absolute atomic E-state index is 0.316. The van der Waals surface area contributed by atoms with Gasteiger partial charge in [-0.3, -0.25) is 4.90 Å². The fourth-order valence-electron chi connectivity index (χ4n) is 3.65. The molecular weight excluding hydrogens is 342 g/mol. The molecule has 1 amide bonds. The molecule has 1 aromatic heterocycles. The molecular formula is C21H23N3O3. The number of carbonyl (C=O) groups excluding carboxylic acids is 1. The molecule has 0 radical (unpaired) electrons. The Kier molecular flexibility index (Phi) is 4.15. The number of aromatic nitrogens is 2. The molecule has 6 heteroatoms. The first-order chi connectivity index (χ1) is 12.9. The summed E-state index contributed by atoms with van der Waals surface area (Å²) in [5.74, 6) is 0.775. The van der Waals surface area contributed by atoms with Gasteiger partial charge < -0.3 is 14.8 Å². The van der Waals surface area contributed by atoms with E-state index in [0.29, 0.717) is 19.4 Å². The van der Waals surface area contributed by atoms with Crippen molar-refractivity contribution < 1.29 is 14.6 Å². The van der Waals surface area contributed by atoms with Crippen LogP contribution in [-0.4, -0.2) is 43.9 Å². The van der Waals surface area contributed by atoms with Crippen LogP contribution in [0.2, 0.25) is 0 Å². The van der Waals surface area contributed by atoms with Gasteiger partial charge in [0.2, 0.25) is 0 Å². The van der Waals surface area contributed by atoms with Crippen LogP contribution >= 0.6 is 0 Å². The van der Waals surface area contributed by atoms with Crippen molar-refractivity contribution in [2.24, 2.45) is 0 Å². The first-order valence-electron chi connectivity index (χ1n) is 9.10. The van der Waals surface area contributed by atoms with Crippen molar-refractivity contribution in [3.63, 3.8) is 0 Å². The Bertz CT molecular complexity index is 934. The van der Waals surface area contributed by atoms with Crippen molar-refractivity contribution in [1.82, 2.24) is 14.9 Å². The van der Waals surface area contributed by atoms with Gasteiger partial charge in [0.05, 0.1) is 11.0 Å². The van der Waals surface area contributed by atoms with Gasteiger partial charge in [-0.2, -0.15) is 0 Å². The topological polar surface area (TPSA) is 78.5 Å². The maximum absolute atomic E-state index is 12.5. The zero-order chi connectivity index (χ0) is 19.1. The highest BCUT2D eigenvalue weighted by Crippen LogP contribution is 2.39. The Balaban J connectivity index is 1.51. The summed E-state index contributed by atoms with van der Waals surface area (Å²) in [6.45, 7) is 3.73. The third-order valence-electron chi connectivity index (χ3n) is 5.46. The van der Waals surface area contributed by atoms with Crippen LogP contribution in [0.25, 0.3) is 11.0 Å². The first kappa shape index (κ1) is 17.5. The number of imidazole rings is 1. The van der Waals surface area contributed by atoms with Gasteiger partial charge in [0.15, 0.2) is 11.3 Å². The number of H-pyrrole nitrogens is 1. The molecule has 0 aliphatic carbocycles. The fourth-order valence-corrected chi connectivity index (χ4v) is 3.65. The van der Waals surface area contributed by atoms with E-state index in [0.717, 1.165) is 22.4 Å². The molecule has 6 nitrogen and oxygen atoms in total. The number of para-hydroxylation sites is 2. The quantitative estimate of drug-likeness (QED) is 0.727. The number of aliphatic hydroxyl groups is 1. The van der Waals surface area contributed by atoms with Gasteiger partial charge in [-0.15, -0.1) is 0 Å². The second kappa shape index (κ2) is 6.39. The van der Waals surface area contributed by atoms with Crippen molar-refractivity contribution in [1.29, 1.82) is 0 Å². The average molecular weight is 365 g/mol. The molecule has 0 unspecified atom stereocenters. The Morgan fingerprint density at radius 2 is 1.81 bits per heavy atom. The van der Waals surface area contributed by atoms with E-state index in [9.17, 15) is 9.90 Å². The molecule has 2 N–H and O–H groups in total. The number of fused-ring (bicyclic) bond motifs is 1. The van der Waals surface area contributed by atoms with Gasteiger partial charge in [-0.25, -0.2) is 9.78 Å². The summed E-state index contributed by atoms with van der Waals surface area (Å²) >= 11 is 0. The molecule has 0 spiro atoms. The molecule has 3 aromatic rings. The van der Waals surface area contributed by atoms with E-state index in [1.165, 1.54) is 4.90 Å². The lowest BCUT2D eigenvalue weighted by atomic mass is 9.86. The van der Waals surface area contributed by atoms with E-state index in [4.69, 9.17) is 4.74 Å². The molecule has 2 atom stereocenters. The molecule has 0 bridgehead atoms. The number of amides is 1. The second-order valence-electron chi connectivity index (χ2n) is 7.38. The van der Waals surface area contributed by atoms with Crippen LogP contribution < -0.4 is 0 Å². The van der Waals surface area contributed by atoms with Crippen molar-refractivity contribution in [2.75, 3.05) is 6.54 Å². The van der Waals surface area contributed by atoms with Crippen molar-refractivity contribution >= 4 is 17.1 Å². The average Bonchev–Trinajstić information content (AvgIpc) is 3.11.